The van der Waals surface area contributed by atoms with Crippen LogP contribution in [0.2, 0.25) is 0 Å². The van der Waals surface area contributed by atoms with E-state index in [9.17, 15) is 35.4 Å². The van der Waals surface area contributed by atoms with E-state index in [1.165, 1.54) is 12.2 Å². The van der Waals surface area contributed by atoms with Gasteiger partial charge in [-0.05, 0) is 125 Å². The van der Waals surface area contributed by atoms with Crippen molar-refractivity contribution in [2.45, 2.75) is 129 Å². The highest BCUT2D eigenvalue weighted by atomic mass is 35.5. The zero-order valence-electron chi connectivity index (χ0n) is 55.5. The molecule has 0 amide bonds. The normalized spacial score (nSPS) is 23.1. The molecule has 8 heterocycles. The molecule has 6 aromatic rings. The first-order chi connectivity index (χ1) is 46.9. The summed E-state index contributed by atoms with van der Waals surface area (Å²) in [5.74, 6) is 4.41. The number of ether oxygens (including phenoxy) is 9. The van der Waals surface area contributed by atoms with Crippen LogP contribution in [-0.2, 0) is 40.0 Å². The summed E-state index contributed by atoms with van der Waals surface area (Å²) in [7, 11) is 7.17. The molecule has 0 aromatic heterocycles. The number of allylic oxidation sites excluding steroid dienone is 1. The predicted octanol–water partition coefficient (Wildman–Crippen LogP) is 12.2. The fraction of sp³-hybridized carbons (Fsp3) is 0.385. The first-order valence-corrected chi connectivity index (χ1v) is 32.7. The molecule has 14 rings (SSSR count). The number of nitrogens with zero attached hydrogens (tertiary/aromatic N) is 6. The van der Waals surface area contributed by atoms with Crippen LogP contribution in [0.25, 0.3) is 12.2 Å². The molecule has 8 aliphatic rings. The number of aryl methyl sites for hydroxylation is 2. The largest absolute Gasteiger partial charge is 0.504 e. The van der Waals surface area contributed by atoms with Crippen LogP contribution in [0.4, 0.5) is 0 Å². The van der Waals surface area contributed by atoms with Gasteiger partial charge in [-0.2, -0.15) is 10.5 Å². The van der Waals surface area contributed by atoms with Crippen molar-refractivity contribution in [3.8, 4) is 69.6 Å². The van der Waals surface area contributed by atoms with Gasteiger partial charge in [0, 0.05) is 74.8 Å². The number of aliphatic hydroxyl groups is 1. The van der Waals surface area contributed by atoms with Crippen LogP contribution >= 0.6 is 11.6 Å². The number of piperazine rings is 2. The Kier molecular flexibility index (Phi) is 22.1. The van der Waals surface area contributed by atoms with Crippen molar-refractivity contribution in [2.24, 2.45) is 0 Å². The molecule has 20 nitrogen and oxygen atoms in total. The summed E-state index contributed by atoms with van der Waals surface area (Å²) in [5.41, 5.74) is 12.3. The van der Waals surface area contributed by atoms with Gasteiger partial charge < -0.3 is 58.0 Å². The average molecular weight is 1370 g/mol. The Hall–Kier alpha value is -9.51. The molecule has 4 bridgehead atoms. The van der Waals surface area contributed by atoms with Gasteiger partial charge >= 0.3 is 5.97 Å². The third-order valence-corrected chi connectivity index (χ3v) is 20.3. The molecule has 99 heavy (non-hydrogen) atoms. The maximum Gasteiger partial charge on any atom is 0.330 e. The van der Waals surface area contributed by atoms with Crippen molar-refractivity contribution in [2.75, 3.05) is 68.3 Å². The van der Waals surface area contributed by atoms with Crippen molar-refractivity contribution in [1.29, 1.82) is 10.5 Å². The zero-order chi connectivity index (χ0) is 68.7. The lowest BCUT2D eigenvalue weighted by Gasteiger charge is -2.59. The lowest BCUT2D eigenvalue weighted by atomic mass is 9.71. The highest BCUT2D eigenvalue weighted by Crippen LogP contribution is 2.61. The van der Waals surface area contributed by atoms with Gasteiger partial charge in [-0.1, -0.05) is 119 Å². The second-order valence-corrected chi connectivity index (χ2v) is 25.7. The highest BCUT2D eigenvalue weighted by Gasteiger charge is 2.59. The number of phenols is 2. The summed E-state index contributed by atoms with van der Waals surface area (Å²) < 4.78 is 53.7. The minimum absolute atomic E-state index is 0. The lowest BCUT2D eigenvalue weighted by Crippen LogP contribution is -2.68. The summed E-state index contributed by atoms with van der Waals surface area (Å²) in [6.45, 7) is 15.9. The summed E-state index contributed by atoms with van der Waals surface area (Å²) in [5, 5.41) is 55.0. The molecule has 10 atom stereocenters. The van der Waals surface area contributed by atoms with Crippen LogP contribution in [0.15, 0.2) is 110 Å². The summed E-state index contributed by atoms with van der Waals surface area (Å²) >= 11 is 5.10. The molecule has 8 aliphatic heterocycles. The van der Waals surface area contributed by atoms with Crippen molar-refractivity contribution in [1.82, 2.24) is 19.6 Å². The number of esters is 1. The number of methoxy groups -OCH3 is 2. The molecule has 2 saturated heterocycles. The third-order valence-electron chi connectivity index (χ3n) is 20.2. The number of likely N-dealkylation sites (N-methyl/N-ethyl adjacent to an activating group) is 2. The molecule has 0 spiro atoms. The molecule has 0 radical (unpaired) electrons. The number of phenolic OH excluding ortho intramolecular Hbond substituents is 2. The van der Waals surface area contributed by atoms with Crippen molar-refractivity contribution >= 4 is 35.0 Å². The Morgan fingerprint density at radius 1 is 0.606 bits per heavy atom. The van der Waals surface area contributed by atoms with E-state index in [-0.39, 0.29) is 96.0 Å². The molecule has 21 heteroatoms. The second kappa shape index (κ2) is 30.3. The predicted molar refractivity (Wildman–Crippen MR) is 377 cm³/mol. The Balaban J connectivity index is 0.000000185. The second-order valence-electron chi connectivity index (χ2n) is 25.3. The van der Waals surface area contributed by atoms with Gasteiger partial charge in [-0.15, -0.1) is 0 Å². The van der Waals surface area contributed by atoms with Gasteiger partial charge in [0.25, 0.3) is 0 Å². The molecule has 0 saturated carbocycles. The van der Waals surface area contributed by atoms with Crippen molar-refractivity contribution < 1.29 is 67.5 Å². The Morgan fingerprint density at radius 3 is 1.42 bits per heavy atom. The number of nitriles is 2. The monoisotopic (exact) mass is 1370 g/mol. The number of rotatable bonds is 15. The summed E-state index contributed by atoms with van der Waals surface area (Å²) in [6.07, 6.45) is 11.7. The van der Waals surface area contributed by atoms with E-state index in [1.54, 1.807) is 38.5 Å². The number of hydrogen-bond donors (Lipinski definition) is 3. The maximum absolute atomic E-state index is 13.2. The molecule has 0 aliphatic carbocycles. The topological polar surface area (TPSA) is 238 Å². The van der Waals surface area contributed by atoms with Gasteiger partial charge in [0.1, 0.15) is 43.4 Å². The number of aromatic hydroxyl groups is 2. The number of halogens is 1. The van der Waals surface area contributed by atoms with Crippen LogP contribution < -0.4 is 37.9 Å². The SMILES string of the molecule is C.C.C=CCOc1c(C)c2c(c3c1CC1[C@H]4c5c(cc(C)c(OC)c5O)C[C@@H]([C@H](C#N)N1[C@H]3CO)N4C)OCO2.C=CCOc1c(C)c2c(c3c1CC1[C@H]4c5c(cc(C)c(OC)c5O)C[C@@H]([C@H](C#N)N1[C@H]3COC(=O)/C=C/c1ccccc1)N4C)OCO2.O=C(Cl)/C=C/c1ccccc1. The van der Waals surface area contributed by atoms with Crippen molar-refractivity contribution in [3.63, 3.8) is 0 Å². The number of aliphatic hydroxyl groups excluding tert-OH is 1. The molecule has 6 aromatic carbocycles. The number of carbonyl (C=O) groups is 2. The smallest absolute Gasteiger partial charge is 0.330 e. The minimum atomic E-state index is -0.575. The molecular formula is C78H87ClN6O14. The minimum Gasteiger partial charge on any atom is -0.504 e. The van der Waals surface area contributed by atoms with Gasteiger partial charge in [0.2, 0.25) is 18.8 Å². The van der Waals surface area contributed by atoms with E-state index in [0.717, 1.165) is 77.9 Å². The Bertz CT molecular complexity index is 4230. The molecular weight excluding hydrogens is 1280 g/mol. The number of benzene rings is 6. The highest BCUT2D eigenvalue weighted by molar-refractivity contribution is 6.66. The summed E-state index contributed by atoms with van der Waals surface area (Å²) in [4.78, 5) is 32.2. The summed E-state index contributed by atoms with van der Waals surface area (Å²) in [6, 6.07) is 24.9. The quantitative estimate of drug-likeness (QED) is 0.0375. The van der Waals surface area contributed by atoms with E-state index < -0.39 is 35.4 Å². The first-order valence-electron chi connectivity index (χ1n) is 32.3. The fourth-order valence-corrected chi connectivity index (χ4v) is 16.4. The van der Waals surface area contributed by atoms with Gasteiger partial charge in [0.15, 0.2) is 46.0 Å². The van der Waals surface area contributed by atoms with E-state index in [1.807, 2.05) is 102 Å². The average Bonchev–Trinajstić information content (AvgIpc) is 1.35. The lowest BCUT2D eigenvalue weighted by molar-refractivity contribution is -0.143. The Morgan fingerprint density at radius 2 is 1.02 bits per heavy atom. The number of carbonyl (C=O) groups excluding carboxylic acids is 2. The van der Waals surface area contributed by atoms with Crippen LogP contribution in [0, 0.1) is 50.4 Å². The van der Waals surface area contributed by atoms with E-state index in [2.05, 4.69) is 57.0 Å². The Labute approximate surface area is 584 Å². The molecule has 2 unspecified atom stereocenters. The van der Waals surface area contributed by atoms with Crippen LogP contribution in [0.1, 0.15) is 117 Å². The van der Waals surface area contributed by atoms with Gasteiger partial charge in [0.05, 0.1) is 57.1 Å². The number of fused-ring (bicyclic) bond motifs is 18. The van der Waals surface area contributed by atoms with Gasteiger partial charge in [-0.3, -0.25) is 24.4 Å². The molecule has 2 fully saturated rings. The fourth-order valence-electron chi connectivity index (χ4n) is 16.3. The standard InChI is InChI=1S/C38H39N3O7.C29H33N3O6.C9H7ClO.2CH4/c1-6-14-45-36-22(3)37-38(48-20-47-37)32-25(36)17-27-33-31-24(15-21(2)35(44-5)34(31)43)16-26(40(33)4)28(18-39)41(27)29(32)19-46-30(42)13-12-23-10-8-7-9-11-23;1-6-7-36-27-15(3)28-29(38-13-37-28)23-17(27)10-19-24-22-16(8-14(2)26(35-5)25(22)34)9-18(31(24)4)20(11-30)32(19)21(23)12-33;10-9(11)7-6-8-4-2-1-3-5-8;;/h6-13,15,26-29,33,43H,1,14,16-17,19-20H2,2-5H3;6,8,18-21,24,33-34H,1,7,9-10,12-13H2,2-5H3;1-7H;2*1H4/b13-12+;;7-6+;;/t26-,27?,28-,29-,33-;18-,19?,20-,21-,24-;;;/m00.../s1. The van der Waals surface area contributed by atoms with E-state index in [4.69, 9.17) is 54.2 Å². The van der Waals surface area contributed by atoms with E-state index in [0.29, 0.717) is 78.3 Å². The number of hydrogen-bond acceptors (Lipinski definition) is 20. The molecule has 3 N–H and O–H groups in total. The van der Waals surface area contributed by atoms with Crippen LogP contribution in [-0.4, -0.2) is 151 Å². The van der Waals surface area contributed by atoms with Crippen LogP contribution in [0.3, 0.4) is 0 Å². The first kappa shape index (κ1) is 72.2. The van der Waals surface area contributed by atoms with Crippen LogP contribution in [0.5, 0.6) is 57.5 Å². The zero-order valence-corrected chi connectivity index (χ0v) is 56.3. The van der Waals surface area contributed by atoms with Crippen molar-refractivity contribution in [3.05, 3.63) is 188 Å². The van der Waals surface area contributed by atoms with Gasteiger partial charge in [-0.25, -0.2) is 4.79 Å². The van der Waals surface area contributed by atoms with E-state index >= 15 is 0 Å². The molecule has 520 valence electrons. The maximum atomic E-state index is 13.2. The third kappa shape index (κ3) is 12.8.